The van der Waals surface area contributed by atoms with E-state index in [1.54, 1.807) is 6.92 Å². The number of anilines is 1. The molecule has 32 heavy (non-hydrogen) atoms. The average molecular weight is 447 g/mol. The molecule has 2 aliphatic heterocycles. The molecule has 2 heterocycles. The van der Waals surface area contributed by atoms with Crippen LogP contribution in [-0.4, -0.2) is 86.7 Å². The minimum absolute atomic E-state index is 0.150. The molecule has 5 nitrogen and oxygen atoms in total. The fourth-order valence-electron chi connectivity index (χ4n) is 5.16. The van der Waals surface area contributed by atoms with Crippen LogP contribution in [0.15, 0.2) is 18.2 Å². The van der Waals surface area contributed by atoms with Gasteiger partial charge in [-0.25, -0.2) is 4.39 Å². The van der Waals surface area contributed by atoms with Crippen LogP contribution in [0.25, 0.3) is 0 Å². The van der Waals surface area contributed by atoms with Crippen molar-refractivity contribution in [2.75, 3.05) is 63.8 Å². The quantitative estimate of drug-likeness (QED) is 0.414. The third kappa shape index (κ3) is 7.00. The summed E-state index contributed by atoms with van der Waals surface area (Å²) in [6, 6.07) is 6.94. The normalized spacial score (nSPS) is 19.9. The summed E-state index contributed by atoms with van der Waals surface area (Å²) in [6.07, 6.45) is 4.18. The van der Waals surface area contributed by atoms with E-state index < -0.39 is 6.17 Å². The lowest BCUT2D eigenvalue weighted by molar-refractivity contribution is 0.0870. The predicted octanol–water partition coefficient (Wildman–Crippen LogP) is 3.77. The average Bonchev–Trinajstić information content (AvgIpc) is 2.82. The molecule has 3 rings (SSSR count). The van der Waals surface area contributed by atoms with Crippen molar-refractivity contribution < 1.29 is 9.18 Å². The van der Waals surface area contributed by atoms with Gasteiger partial charge in [-0.05, 0) is 89.0 Å². The summed E-state index contributed by atoms with van der Waals surface area (Å²) >= 11 is 0. The van der Waals surface area contributed by atoms with E-state index in [4.69, 9.17) is 0 Å². The van der Waals surface area contributed by atoms with Crippen molar-refractivity contribution >= 4 is 11.5 Å². The molecule has 0 aromatic heterocycles. The molecule has 1 unspecified atom stereocenters. The number of aryl methyl sites for hydroxylation is 1. The third-order valence-electron chi connectivity index (χ3n) is 7.12. The molecule has 1 atom stereocenters. The van der Waals surface area contributed by atoms with Crippen LogP contribution >= 0.6 is 0 Å². The molecule has 0 bridgehead atoms. The molecule has 2 fully saturated rings. The minimum atomic E-state index is -0.721. The number of halogens is 1. The topological polar surface area (TPSA) is 38.8 Å². The fraction of sp³-hybridized carbons (Fsp3) is 0.731. The van der Waals surface area contributed by atoms with Gasteiger partial charge in [0, 0.05) is 50.0 Å². The second-order valence-corrected chi connectivity index (χ2v) is 9.44. The van der Waals surface area contributed by atoms with Gasteiger partial charge in [0.2, 0.25) is 0 Å². The Morgan fingerprint density at radius 1 is 1.09 bits per heavy atom. The molecule has 0 saturated carbocycles. The SMILES string of the molecule is CCCNCCC(F)CN1CCC(N2CCN(c3ccc(C(C)=O)c(CC)c3)CC2)CC1. The first-order valence-electron chi connectivity index (χ1n) is 12.7. The van der Waals surface area contributed by atoms with Gasteiger partial charge in [0.05, 0.1) is 0 Å². The van der Waals surface area contributed by atoms with Gasteiger partial charge in [-0.3, -0.25) is 9.69 Å². The second kappa shape index (κ2) is 12.7. The number of likely N-dealkylation sites (tertiary alicyclic amines) is 1. The molecular weight excluding hydrogens is 403 g/mol. The van der Waals surface area contributed by atoms with Gasteiger partial charge in [-0.15, -0.1) is 0 Å². The summed E-state index contributed by atoms with van der Waals surface area (Å²) in [6.45, 7) is 14.5. The third-order valence-corrected chi connectivity index (χ3v) is 7.12. The van der Waals surface area contributed by atoms with Gasteiger partial charge in [0.25, 0.3) is 0 Å². The number of benzene rings is 1. The zero-order valence-corrected chi connectivity index (χ0v) is 20.4. The molecule has 1 aromatic carbocycles. The standard InChI is InChI=1S/C26H43FN4O/c1-4-11-28-12-8-23(27)20-29-13-9-24(10-14-29)30-15-17-31(18-16-30)25-6-7-26(21(3)32)22(5-2)19-25/h6-7,19,23-24,28H,4-5,8-18,20H2,1-3H3. The summed E-state index contributed by atoms with van der Waals surface area (Å²) in [5.41, 5.74) is 3.25. The summed E-state index contributed by atoms with van der Waals surface area (Å²) in [5, 5.41) is 3.30. The lowest BCUT2D eigenvalue weighted by Gasteiger charge is -2.43. The first kappa shape index (κ1) is 25.1. The van der Waals surface area contributed by atoms with Crippen molar-refractivity contribution in [1.82, 2.24) is 15.1 Å². The molecule has 6 heteroatoms. The van der Waals surface area contributed by atoms with E-state index in [2.05, 4.69) is 46.0 Å². The zero-order valence-electron chi connectivity index (χ0n) is 20.4. The first-order chi connectivity index (χ1) is 15.5. The van der Waals surface area contributed by atoms with E-state index in [1.807, 2.05) is 6.07 Å². The Bertz CT molecular complexity index is 712. The van der Waals surface area contributed by atoms with Crippen molar-refractivity contribution in [1.29, 1.82) is 0 Å². The lowest BCUT2D eigenvalue weighted by Crippen LogP contribution is -2.53. The number of hydrogen-bond acceptors (Lipinski definition) is 5. The highest BCUT2D eigenvalue weighted by Crippen LogP contribution is 2.24. The van der Waals surface area contributed by atoms with Crippen LogP contribution in [0.2, 0.25) is 0 Å². The Labute approximate surface area is 194 Å². The Balaban J connectivity index is 1.40. The molecule has 180 valence electrons. The van der Waals surface area contributed by atoms with Crippen molar-refractivity contribution in [2.45, 2.75) is 65.1 Å². The van der Waals surface area contributed by atoms with Crippen LogP contribution in [0.3, 0.4) is 0 Å². The first-order valence-corrected chi connectivity index (χ1v) is 12.7. The number of hydrogen-bond donors (Lipinski definition) is 1. The summed E-state index contributed by atoms with van der Waals surface area (Å²) in [7, 11) is 0. The largest absolute Gasteiger partial charge is 0.369 e. The Morgan fingerprint density at radius 3 is 2.44 bits per heavy atom. The smallest absolute Gasteiger partial charge is 0.160 e. The van der Waals surface area contributed by atoms with Gasteiger partial charge < -0.3 is 15.1 Å². The molecule has 0 amide bonds. The van der Waals surface area contributed by atoms with Crippen LogP contribution < -0.4 is 10.2 Å². The van der Waals surface area contributed by atoms with E-state index >= 15 is 0 Å². The Morgan fingerprint density at radius 2 is 1.81 bits per heavy atom. The molecule has 2 aliphatic rings. The van der Waals surface area contributed by atoms with Crippen molar-refractivity contribution in [2.24, 2.45) is 0 Å². The lowest BCUT2D eigenvalue weighted by atomic mass is 10.00. The summed E-state index contributed by atoms with van der Waals surface area (Å²) in [4.78, 5) is 19.2. The van der Waals surface area contributed by atoms with Gasteiger partial charge in [-0.2, -0.15) is 0 Å². The number of piperidine rings is 1. The number of piperazine rings is 1. The van der Waals surface area contributed by atoms with E-state index in [0.717, 1.165) is 89.2 Å². The number of carbonyl (C=O) groups excluding carboxylic acids is 1. The number of nitrogens with one attached hydrogen (secondary N) is 1. The van der Waals surface area contributed by atoms with Crippen LogP contribution in [0.4, 0.5) is 10.1 Å². The number of alkyl halides is 1. The highest BCUT2D eigenvalue weighted by molar-refractivity contribution is 5.96. The van der Waals surface area contributed by atoms with E-state index in [-0.39, 0.29) is 5.78 Å². The number of Topliss-reactive ketones (excluding diaryl/α,β-unsaturated/α-hetero) is 1. The minimum Gasteiger partial charge on any atom is -0.369 e. The molecule has 2 saturated heterocycles. The van der Waals surface area contributed by atoms with Gasteiger partial charge in [-0.1, -0.05) is 13.8 Å². The summed E-state index contributed by atoms with van der Waals surface area (Å²) < 4.78 is 14.3. The molecule has 0 radical (unpaired) electrons. The number of ketones is 1. The maximum absolute atomic E-state index is 14.3. The monoisotopic (exact) mass is 446 g/mol. The van der Waals surface area contributed by atoms with E-state index in [0.29, 0.717) is 19.0 Å². The van der Waals surface area contributed by atoms with Crippen molar-refractivity contribution in [3.05, 3.63) is 29.3 Å². The van der Waals surface area contributed by atoms with Gasteiger partial charge >= 0.3 is 0 Å². The van der Waals surface area contributed by atoms with E-state index in [9.17, 15) is 9.18 Å². The van der Waals surface area contributed by atoms with Crippen LogP contribution in [-0.2, 0) is 6.42 Å². The fourth-order valence-corrected chi connectivity index (χ4v) is 5.16. The van der Waals surface area contributed by atoms with Crippen LogP contribution in [0.1, 0.15) is 62.4 Å². The molecule has 1 N–H and O–H groups in total. The molecular formula is C26H43FN4O. The number of rotatable bonds is 11. The number of nitrogens with zero attached hydrogens (tertiary/aromatic N) is 3. The number of carbonyl (C=O) groups is 1. The van der Waals surface area contributed by atoms with Crippen LogP contribution in [0.5, 0.6) is 0 Å². The predicted molar refractivity (Wildman–Crippen MR) is 132 cm³/mol. The zero-order chi connectivity index (χ0) is 22.9. The maximum atomic E-state index is 14.3. The molecule has 1 aromatic rings. The van der Waals surface area contributed by atoms with E-state index in [1.165, 1.54) is 5.69 Å². The van der Waals surface area contributed by atoms with Gasteiger partial charge in [0.1, 0.15) is 6.17 Å². The van der Waals surface area contributed by atoms with Crippen molar-refractivity contribution in [3.63, 3.8) is 0 Å². The second-order valence-electron chi connectivity index (χ2n) is 9.44. The molecule has 0 aliphatic carbocycles. The highest BCUT2D eigenvalue weighted by atomic mass is 19.1. The molecule has 0 spiro atoms. The highest BCUT2D eigenvalue weighted by Gasteiger charge is 2.28. The Hall–Kier alpha value is -1.50. The summed E-state index contributed by atoms with van der Waals surface area (Å²) in [5.74, 6) is 0.150. The Kier molecular flexibility index (Phi) is 9.94. The maximum Gasteiger partial charge on any atom is 0.160 e. The van der Waals surface area contributed by atoms with Crippen LogP contribution in [0, 0.1) is 0 Å². The van der Waals surface area contributed by atoms with Gasteiger partial charge in [0.15, 0.2) is 5.78 Å². The van der Waals surface area contributed by atoms with Crippen molar-refractivity contribution in [3.8, 4) is 0 Å².